The molecular formula is C69H121N2O7P. The third-order valence-electron chi connectivity index (χ3n) is 13.7. The van der Waals surface area contributed by atoms with Gasteiger partial charge in [-0.2, -0.15) is 0 Å². The zero-order valence-electron chi connectivity index (χ0n) is 51.8. The summed E-state index contributed by atoms with van der Waals surface area (Å²) in [5.74, 6) is -0.573. The van der Waals surface area contributed by atoms with E-state index in [1.807, 2.05) is 33.3 Å². The van der Waals surface area contributed by atoms with Gasteiger partial charge in [-0.25, -0.2) is 0 Å². The van der Waals surface area contributed by atoms with E-state index in [-0.39, 0.29) is 24.9 Å². The van der Waals surface area contributed by atoms with E-state index in [1.165, 1.54) is 89.9 Å². The maximum Gasteiger partial charge on any atom is 0.306 e. The largest absolute Gasteiger partial charge is 0.756 e. The number of hydrogen-bond donors (Lipinski definition) is 1. The highest BCUT2D eigenvalue weighted by molar-refractivity contribution is 7.45. The predicted octanol–water partition coefficient (Wildman–Crippen LogP) is 19.5. The highest BCUT2D eigenvalue weighted by Crippen LogP contribution is 2.38. The number of carbonyl (C=O) groups is 2. The molecule has 0 radical (unpaired) electrons. The number of nitrogens with one attached hydrogen (secondary N) is 1. The monoisotopic (exact) mass is 1120 g/mol. The molecule has 0 aromatic rings. The van der Waals surface area contributed by atoms with E-state index in [0.29, 0.717) is 23.9 Å². The van der Waals surface area contributed by atoms with Crippen LogP contribution in [0.3, 0.4) is 0 Å². The maximum absolute atomic E-state index is 13.5. The molecule has 0 aromatic heterocycles. The van der Waals surface area contributed by atoms with Gasteiger partial charge in [-0.3, -0.25) is 14.2 Å². The van der Waals surface area contributed by atoms with Crippen LogP contribution in [0.2, 0.25) is 0 Å². The van der Waals surface area contributed by atoms with Gasteiger partial charge in [-0.1, -0.05) is 246 Å². The Kier molecular flexibility index (Phi) is 55.4. The molecule has 0 aliphatic carbocycles. The van der Waals surface area contributed by atoms with Crippen LogP contribution >= 0.6 is 7.82 Å². The lowest BCUT2D eigenvalue weighted by molar-refractivity contribution is -0.870. The lowest BCUT2D eigenvalue weighted by Crippen LogP contribution is -2.47. The summed E-state index contributed by atoms with van der Waals surface area (Å²) in [7, 11) is 1.15. The van der Waals surface area contributed by atoms with Crippen molar-refractivity contribution in [3.63, 3.8) is 0 Å². The minimum absolute atomic E-state index is 0.0325. The first-order valence-corrected chi connectivity index (χ1v) is 33.7. The summed E-state index contributed by atoms with van der Waals surface area (Å²) < 4.78 is 30.3. The number of likely N-dealkylation sites (N-methyl/N-ethyl adjacent to an activating group) is 1. The highest BCUT2D eigenvalue weighted by atomic mass is 31.2. The fourth-order valence-corrected chi connectivity index (χ4v) is 9.45. The number of rotatable bonds is 57. The Morgan fingerprint density at radius 3 is 1.24 bits per heavy atom. The molecular weight excluding hydrogens is 1000 g/mol. The van der Waals surface area contributed by atoms with Crippen LogP contribution in [0.25, 0.3) is 0 Å². The van der Waals surface area contributed by atoms with Gasteiger partial charge in [0.2, 0.25) is 5.91 Å². The topological polar surface area (TPSA) is 114 Å². The fourth-order valence-electron chi connectivity index (χ4n) is 8.73. The van der Waals surface area contributed by atoms with E-state index in [4.69, 9.17) is 13.8 Å². The van der Waals surface area contributed by atoms with Crippen molar-refractivity contribution in [2.24, 2.45) is 0 Å². The maximum atomic E-state index is 13.5. The van der Waals surface area contributed by atoms with Gasteiger partial charge in [-0.15, -0.1) is 0 Å². The lowest BCUT2D eigenvalue weighted by atomic mass is 10.1. The second-order valence-electron chi connectivity index (χ2n) is 22.5. The van der Waals surface area contributed by atoms with Crippen LogP contribution < -0.4 is 10.2 Å². The van der Waals surface area contributed by atoms with Crippen molar-refractivity contribution in [3.8, 4) is 0 Å². The van der Waals surface area contributed by atoms with E-state index in [0.717, 1.165) is 135 Å². The van der Waals surface area contributed by atoms with Crippen molar-refractivity contribution in [1.29, 1.82) is 0 Å². The van der Waals surface area contributed by atoms with Crippen molar-refractivity contribution < 1.29 is 37.3 Å². The summed E-state index contributed by atoms with van der Waals surface area (Å²) in [6, 6.07) is -0.907. The van der Waals surface area contributed by atoms with Crippen molar-refractivity contribution >= 4 is 19.7 Å². The van der Waals surface area contributed by atoms with Crippen LogP contribution in [0.15, 0.2) is 109 Å². The second kappa shape index (κ2) is 57.9. The van der Waals surface area contributed by atoms with Gasteiger partial charge in [0, 0.05) is 12.8 Å². The number of phosphoric ester groups is 1. The van der Waals surface area contributed by atoms with Gasteiger partial charge in [-0.05, 0) is 115 Å². The summed E-state index contributed by atoms with van der Waals surface area (Å²) in [5, 5.41) is 3.02. The average molecular weight is 1120 g/mol. The van der Waals surface area contributed by atoms with E-state index < -0.39 is 26.6 Å². The van der Waals surface area contributed by atoms with Gasteiger partial charge in [0.25, 0.3) is 7.82 Å². The molecule has 79 heavy (non-hydrogen) atoms. The number of phosphoric acid groups is 1. The lowest BCUT2D eigenvalue weighted by Gasteiger charge is -2.30. The third-order valence-corrected chi connectivity index (χ3v) is 14.7. The average Bonchev–Trinajstić information content (AvgIpc) is 3.41. The molecule has 0 aliphatic heterocycles. The molecule has 0 saturated heterocycles. The zero-order valence-corrected chi connectivity index (χ0v) is 52.7. The summed E-state index contributed by atoms with van der Waals surface area (Å²) in [5.41, 5.74) is 0. The highest BCUT2D eigenvalue weighted by Gasteiger charge is 2.27. The molecule has 454 valence electrons. The molecule has 1 N–H and O–H groups in total. The molecule has 0 aliphatic rings. The van der Waals surface area contributed by atoms with Crippen molar-refractivity contribution in [2.75, 3.05) is 40.9 Å². The van der Waals surface area contributed by atoms with Crippen LogP contribution in [-0.4, -0.2) is 69.4 Å². The van der Waals surface area contributed by atoms with Gasteiger partial charge >= 0.3 is 5.97 Å². The Hall–Kier alpha value is -3.33. The molecule has 0 rings (SSSR count). The molecule has 0 bridgehead atoms. The SMILES string of the molecule is CC/C=C\C/C=C\C/C=C\C/C=C\C/C=C\CCCCCCCCCC(=O)NC(COP(=O)([O-])OCC[N+](C)(C)C)C(/C=C\CCCCCCCCCCC)OC(=O)CCCCCCCC/C=C\C/C=C\C/C=C\CCCCC. The Balaban J connectivity index is 5.22. The van der Waals surface area contributed by atoms with Gasteiger partial charge in [0.1, 0.15) is 19.3 Å². The summed E-state index contributed by atoms with van der Waals surface area (Å²) in [6.45, 7) is 6.67. The quantitative estimate of drug-likeness (QED) is 0.0212. The van der Waals surface area contributed by atoms with Crippen LogP contribution in [0.5, 0.6) is 0 Å². The number of amides is 1. The Morgan fingerprint density at radius 1 is 0.456 bits per heavy atom. The minimum atomic E-state index is -4.71. The number of carbonyl (C=O) groups excluding carboxylic acids is 2. The number of hydrogen-bond acceptors (Lipinski definition) is 7. The normalized spacial score (nSPS) is 14.4. The second-order valence-corrected chi connectivity index (χ2v) is 23.9. The Bertz CT molecular complexity index is 1720. The molecule has 0 heterocycles. The molecule has 0 spiro atoms. The van der Waals surface area contributed by atoms with Crippen LogP contribution in [0.4, 0.5) is 0 Å². The van der Waals surface area contributed by atoms with Crippen LogP contribution in [-0.2, 0) is 27.9 Å². The predicted molar refractivity (Wildman–Crippen MR) is 339 cm³/mol. The van der Waals surface area contributed by atoms with Gasteiger partial charge < -0.3 is 28.5 Å². The number of nitrogens with zero attached hydrogens (tertiary/aromatic N) is 1. The molecule has 0 aromatic carbocycles. The molecule has 3 atom stereocenters. The first-order valence-electron chi connectivity index (χ1n) is 32.2. The minimum Gasteiger partial charge on any atom is -0.756 e. The van der Waals surface area contributed by atoms with Crippen molar-refractivity contribution in [1.82, 2.24) is 5.32 Å². The summed E-state index contributed by atoms with van der Waals surface area (Å²) in [4.78, 5) is 40.0. The number of ether oxygens (including phenoxy) is 1. The Labute approximate surface area is 487 Å². The molecule has 1 amide bonds. The number of quaternary nitrogens is 1. The van der Waals surface area contributed by atoms with E-state index in [9.17, 15) is 19.0 Å². The number of esters is 1. The van der Waals surface area contributed by atoms with Crippen LogP contribution in [0, 0.1) is 0 Å². The molecule has 10 heteroatoms. The van der Waals surface area contributed by atoms with Crippen molar-refractivity contribution in [3.05, 3.63) is 109 Å². The van der Waals surface area contributed by atoms with E-state index in [1.54, 1.807) is 0 Å². The first-order chi connectivity index (χ1) is 38.4. The van der Waals surface area contributed by atoms with E-state index in [2.05, 4.69) is 123 Å². The summed E-state index contributed by atoms with van der Waals surface area (Å²) in [6.07, 6.45) is 79.1. The van der Waals surface area contributed by atoms with Crippen molar-refractivity contribution in [2.45, 2.75) is 277 Å². The Morgan fingerprint density at radius 2 is 0.810 bits per heavy atom. The summed E-state index contributed by atoms with van der Waals surface area (Å²) >= 11 is 0. The standard InChI is InChI=1S/C69H121N2O7P/c1-7-10-13-16-19-22-25-27-29-31-33-34-35-36-38-39-41-43-46-49-52-55-58-61-68(72)70-66(65-77-79(74,75)76-64-63-71(4,5)6)67(60-57-54-51-48-45-24-21-18-15-12-9-3)78-69(73)62-59-56-53-50-47-44-42-40-37-32-30-28-26-23-20-17-14-11-8-2/h10,13,19-20,22-23,27-30,33-34,36-38,40,57,60,66-67H,7-9,11-12,14-18,21,24-26,31-32,35,39,41-56,58-59,61-65H2,1-6H3,(H-,70,72,74,75)/b13-10-,22-19-,23-20-,29-27-,30-28-,34-33-,38-36-,40-37-,60-57-. The van der Waals surface area contributed by atoms with Gasteiger partial charge in [0.15, 0.2) is 0 Å². The van der Waals surface area contributed by atoms with Gasteiger partial charge in [0.05, 0.1) is 33.8 Å². The first kappa shape index (κ1) is 75.7. The zero-order chi connectivity index (χ0) is 57.9. The molecule has 0 saturated carbocycles. The fraction of sp³-hybridized carbons (Fsp3) is 0.710. The molecule has 3 unspecified atom stereocenters. The number of allylic oxidation sites excluding steroid dienone is 17. The third kappa shape index (κ3) is 59.1. The number of unbranched alkanes of at least 4 members (excludes halogenated alkanes) is 25. The molecule has 9 nitrogen and oxygen atoms in total. The smallest absolute Gasteiger partial charge is 0.306 e. The molecule has 0 fully saturated rings. The van der Waals surface area contributed by atoms with Crippen LogP contribution in [0.1, 0.15) is 265 Å². The van der Waals surface area contributed by atoms with E-state index >= 15 is 0 Å².